The lowest BCUT2D eigenvalue weighted by Gasteiger charge is -2.20. The van der Waals surface area contributed by atoms with Gasteiger partial charge in [0.2, 0.25) is 0 Å². The van der Waals surface area contributed by atoms with Gasteiger partial charge in [-0.25, -0.2) is 8.78 Å². The van der Waals surface area contributed by atoms with Gasteiger partial charge in [0.25, 0.3) is 5.92 Å². The minimum atomic E-state index is -3.11. The molecule has 0 atom stereocenters. The molecular formula is C7H15F2NO2. The number of halogens is 2. The van der Waals surface area contributed by atoms with Crippen LogP contribution in [0.4, 0.5) is 8.78 Å². The number of aliphatic hydroxyl groups is 2. The van der Waals surface area contributed by atoms with Gasteiger partial charge in [-0.1, -0.05) is 0 Å². The van der Waals surface area contributed by atoms with Crippen molar-refractivity contribution in [1.82, 2.24) is 5.32 Å². The Morgan fingerprint density at radius 1 is 1.25 bits per heavy atom. The van der Waals surface area contributed by atoms with E-state index in [-0.39, 0.29) is 6.54 Å². The first-order valence-corrected chi connectivity index (χ1v) is 3.69. The topological polar surface area (TPSA) is 52.5 Å². The van der Waals surface area contributed by atoms with Crippen molar-refractivity contribution in [1.29, 1.82) is 0 Å². The first-order valence-electron chi connectivity index (χ1n) is 3.69. The number of hydrogen-bond donors (Lipinski definition) is 3. The van der Waals surface area contributed by atoms with Crippen LogP contribution >= 0.6 is 0 Å². The summed E-state index contributed by atoms with van der Waals surface area (Å²) in [4.78, 5) is 0. The van der Waals surface area contributed by atoms with Crippen molar-refractivity contribution in [2.24, 2.45) is 0 Å². The van der Waals surface area contributed by atoms with Crippen molar-refractivity contribution in [2.75, 3.05) is 19.7 Å². The second kappa shape index (κ2) is 4.11. The van der Waals surface area contributed by atoms with E-state index in [1.807, 2.05) is 0 Å². The predicted molar refractivity (Wildman–Crippen MR) is 41.2 cm³/mol. The van der Waals surface area contributed by atoms with Crippen molar-refractivity contribution in [3.05, 3.63) is 0 Å². The second-order valence-electron chi connectivity index (χ2n) is 3.43. The Labute approximate surface area is 70.4 Å². The van der Waals surface area contributed by atoms with Gasteiger partial charge in [-0.05, 0) is 13.8 Å². The van der Waals surface area contributed by atoms with Crippen LogP contribution in [0.25, 0.3) is 0 Å². The Hall–Kier alpha value is -0.260. The summed E-state index contributed by atoms with van der Waals surface area (Å²) >= 11 is 0. The first kappa shape index (κ1) is 11.7. The molecule has 3 N–H and O–H groups in total. The third-order valence-electron chi connectivity index (χ3n) is 1.17. The summed E-state index contributed by atoms with van der Waals surface area (Å²) in [6, 6.07) is 0. The zero-order valence-corrected chi connectivity index (χ0v) is 7.27. The molecule has 0 fully saturated rings. The molecule has 0 unspecified atom stereocenters. The van der Waals surface area contributed by atoms with Crippen LogP contribution in [0, 0.1) is 0 Å². The highest BCUT2D eigenvalue weighted by molar-refractivity contribution is 4.73. The molecule has 5 heteroatoms. The van der Waals surface area contributed by atoms with Gasteiger partial charge in [0.1, 0.15) is 6.61 Å². The molecule has 74 valence electrons. The summed E-state index contributed by atoms with van der Waals surface area (Å²) in [7, 11) is 0. The fourth-order valence-corrected chi connectivity index (χ4v) is 0.607. The molecule has 0 aromatic rings. The maximum absolute atomic E-state index is 12.3. The lowest BCUT2D eigenvalue weighted by Crippen LogP contribution is -2.42. The van der Waals surface area contributed by atoms with E-state index in [2.05, 4.69) is 5.32 Å². The quantitative estimate of drug-likeness (QED) is 0.561. The molecule has 0 aromatic carbocycles. The largest absolute Gasteiger partial charge is 0.390 e. The van der Waals surface area contributed by atoms with Crippen molar-refractivity contribution in [3.8, 4) is 0 Å². The van der Waals surface area contributed by atoms with Crippen molar-refractivity contribution in [3.63, 3.8) is 0 Å². The minimum Gasteiger partial charge on any atom is -0.390 e. The van der Waals surface area contributed by atoms with E-state index in [4.69, 9.17) is 10.2 Å². The average Bonchev–Trinajstić information content (AvgIpc) is 1.84. The van der Waals surface area contributed by atoms with Gasteiger partial charge in [0.05, 0.1) is 12.1 Å². The standard InChI is InChI=1S/C7H15F2NO2/c1-6(2,12)3-10-4-7(8,9)5-11/h10-12H,3-5H2,1-2H3. The molecule has 0 heterocycles. The molecule has 0 saturated carbocycles. The Morgan fingerprint density at radius 2 is 1.75 bits per heavy atom. The number of alkyl halides is 2. The van der Waals surface area contributed by atoms with Crippen LogP contribution in [0.2, 0.25) is 0 Å². The number of rotatable bonds is 5. The molecule has 0 aliphatic carbocycles. The van der Waals surface area contributed by atoms with Crippen LogP contribution in [0.3, 0.4) is 0 Å². The SMILES string of the molecule is CC(C)(O)CNCC(F)(F)CO. The highest BCUT2D eigenvalue weighted by Gasteiger charge is 2.27. The molecule has 0 aliphatic heterocycles. The lowest BCUT2D eigenvalue weighted by atomic mass is 10.1. The van der Waals surface area contributed by atoms with E-state index in [0.717, 1.165) is 0 Å². The fourth-order valence-electron chi connectivity index (χ4n) is 0.607. The molecule has 0 spiro atoms. The molecule has 0 saturated heterocycles. The summed E-state index contributed by atoms with van der Waals surface area (Å²) in [5.41, 5.74) is -1.01. The smallest absolute Gasteiger partial charge is 0.282 e. The second-order valence-corrected chi connectivity index (χ2v) is 3.43. The third-order valence-corrected chi connectivity index (χ3v) is 1.17. The van der Waals surface area contributed by atoms with E-state index in [0.29, 0.717) is 0 Å². The van der Waals surface area contributed by atoms with Crippen LogP contribution in [-0.2, 0) is 0 Å². The van der Waals surface area contributed by atoms with E-state index in [9.17, 15) is 8.78 Å². The maximum Gasteiger partial charge on any atom is 0.282 e. The fraction of sp³-hybridized carbons (Fsp3) is 1.00. The summed E-state index contributed by atoms with van der Waals surface area (Å²) < 4.78 is 24.7. The lowest BCUT2D eigenvalue weighted by molar-refractivity contribution is -0.0507. The zero-order valence-electron chi connectivity index (χ0n) is 7.27. The average molecular weight is 183 g/mol. The molecular weight excluding hydrogens is 168 g/mol. The predicted octanol–water partition coefficient (Wildman–Crippen LogP) is -0.0255. The normalized spacial score (nSPS) is 13.5. The van der Waals surface area contributed by atoms with Gasteiger partial charge in [-0.3, -0.25) is 0 Å². The van der Waals surface area contributed by atoms with Crippen LogP contribution < -0.4 is 5.32 Å². The van der Waals surface area contributed by atoms with Gasteiger partial charge in [0, 0.05) is 6.54 Å². The molecule has 0 radical (unpaired) electrons. The van der Waals surface area contributed by atoms with Crippen molar-refractivity contribution < 1.29 is 19.0 Å². The summed E-state index contributed by atoms with van der Waals surface area (Å²) in [6.07, 6.45) is 0. The van der Waals surface area contributed by atoms with Gasteiger partial charge >= 0.3 is 0 Å². The molecule has 12 heavy (non-hydrogen) atoms. The monoisotopic (exact) mass is 183 g/mol. The van der Waals surface area contributed by atoms with Crippen molar-refractivity contribution in [2.45, 2.75) is 25.4 Å². The number of hydrogen-bond acceptors (Lipinski definition) is 3. The first-order chi connectivity index (χ1) is 5.27. The molecule has 3 nitrogen and oxygen atoms in total. The van der Waals surface area contributed by atoms with Crippen LogP contribution in [0.1, 0.15) is 13.8 Å². The Balaban J connectivity index is 3.57. The van der Waals surface area contributed by atoms with Crippen molar-refractivity contribution >= 4 is 0 Å². The highest BCUT2D eigenvalue weighted by atomic mass is 19.3. The Kier molecular flexibility index (Phi) is 4.02. The van der Waals surface area contributed by atoms with Gasteiger partial charge in [-0.2, -0.15) is 0 Å². The van der Waals surface area contributed by atoms with E-state index < -0.39 is 24.7 Å². The van der Waals surface area contributed by atoms with Crippen LogP contribution in [-0.4, -0.2) is 41.4 Å². The van der Waals surface area contributed by atoms with E-state index >= 15 is 0 Å². The summed E-state index contributed by atoms with van der Waals surface area (Å²) in [5.74, 6) is -3.11. The Bertz CT molecular complexity index is 134. The number of nitrogens with one attached hydrogen (secondary N) is 1. The Morgan fingerprint density at radius 3 is 2.08 bits per heavy atom. The molecule has 0 aromatic heterocycles. The van der Waals surface area contributed by atoms with Gasteiger partial charge in [0.15, 0.2) is 0 Å². The molecule has 0 bridgehead atoms. The highest BCUT2D eigenvalue weighted by Crippen LogP contribution is 2.10. The third kappa shape index (κ3) is 6.45. The summed E-state index contributed by atoms with van der Waals surface area (Å²) in [6.45, 7) is 1.30. The molecule has 0 amide bonds. The van der Waals surface area contributed by atoms with E-state index in [1.54, 1.807) is 0 Å². The van der Waals surface area contributed by atoms with E-state index in [1.165, 1.54) is 13.8 Å². The zero-order chi connectivity index (χ0) is 9.83. The van der Waals surface area contributed by atoms with Gasteiger partial charge < -0.3 is 15.5 Å². The molecule has 0 rings (SSSR count). The minimum absolute atomic E-state index is 0.0720. The van der Waals surface area contributed by atoms with Gasteiger partial charge in [-0.15, -0.1) is 0 Å². The summed E-state index contributed by atoms with van der Waals surface area (Å²) in [5, 5.41) is 19.6. The van der Waals surface area contributed by atoms with Crippen LogP contribution in [0.15, 0.2) is 0 Å². The number of aliphatic hydroxyl groups excluding tert-OH is 1. The van der Waals surface area contributed by atoms with Crippen LogP contribution in [0.5, 0.6) is 0 Å². The molecule has 0 aliphatic rings. The maximum atomic E-state index is 12.3.